The first-order valence-electron chi connectivity index (χ1n) is 3.72. The Morgan fingerprint density at radius 3 is 2.20 bits per heavy atom. The van der Waals surface area contributed by atoms with Crippen LogP contribution in [0.4, 0.5) is 0 Å². The van der Waals surface area contributed by atoms with E-state index in [1.54, 1.807) is 0 Å². The molecule has 0 aromatic heterocycles. The molecule has 0 atom stereocenters. The Bertz CT molecular complexity index is 113. The summed E-state index contributed by atoms with van der Waals surface area (Å²) in [5.41, 5.74) is 5.08. The van der Waals surface area contributed by atoms with Crippen LogP contribution in [-0.4, -0.2) is 12.3 Å². The highest BCUT2D eigenvalue weighted by Gasteiger charge is 2.19. The van der Waals surface area contributed by atoms with Crippen molar-refractivity contribution in [2.24, 2.45) is 11.1 Å². The van der Waals surface area contributed by atoms with E-state index in [4.69, 9.17) is 5.73 Å². The van der Waals surface area contributed by atoms with Crippen molar-refractivity contribution in [1.29, 1.82) is 0 Å². The third-order valence-electron chi connectivity index (χ3n) is 1.44. The number of carbonyl (C=O) groups is 1. The van der Waals surface area contributed by atoms with Crippen molar-refractivity contribution in [3.05, 3.63) is 0 Å². The molecule has 0 aromatic carbocycles. The second kappa shape index (κ2) is 3.71. The molecule has 10 heavy (non-hydrogen) atoms. The van der Waals surface area contributed by atoms with Crippen LogP contribution in [0, 0.1) is 5.41 Å². The molecule has 0 aliphatic carbocycles. The van der Waals surface area contributed by atoms with Gasteiger partial charge in [-0.1, -0.05) is 20.8 Å². The van der Waals surface area contributed by atoms with Crippen LogP contribution >= 0.6 is 0 Å². The van der Waals surface area contributed by atoms with Gasteiger partial charge < -0.3 is 5.73 Å². The van der Waals surface area contributed by atoms with Gasteiger partial charge in [0.05, 0.1) is 0 Å². The molecule has 2 nitrogen and oxygen atoms in total. The van der Waals surface area contributed by atoms with Crippen LogP contribution in [0.1, 0.15) is 33.6 Å². The Morgan fingerprint density at radius 2 is 1.90 bits per heavy atom. The van der Waals surface area contributed by atoms with E-state index < -0.39 is 0 Å². The molecule has 0 aliphatic rings. The van der Waals surface area contributed by atoms with E-state index in [9.17, 15) is 4.79 Å². The standard InChI is InChI=1S/C8H17NO/c1-8(2,3)7(10)5-4-6-9/h4-6,9H2,1-3H3. The van der Waals surface area contributed by atoms with Gasteiger partial charge in [-0.15, -0.1) is 0 Å². The van der Waals surface area contributed by atoms with Crippen LogP contribution in [0.25, 0.3) is 0 Å². The molecular weight excluding hydrogens is 126 g/mol. The molecular formula is C8H17NO. The van der Waals surface area contributed by atoms with Crippen molar-refractivity contribution in [1.82, 2.24) is 0 Å². The highest BCUT2D eigenvalue weighted by Crippen LogP contribution is 2.16. The van der Waals surface area contributed by atoms with Gasteiger partial charge in [0.25, 0.3) is 0 Å². The number of hydrogen-bond donors (Lipinski definition) is 1. The Hall–Kier alpha value is -0.370. The van der Waals surface area contributed by atoms with Crippen LogP contribution in [0.5, 0.6) is 0 Å². The van der Waals surface area contributed by atoms with Crippen molar-refractivity contribution in [2.45, 2.75) is 33.6 Å². The van der Waals surface area contributed by atoms with E-state index in [0.29, 0.717) is 18.7 Å². The minimum atomic E-state index is -0.185. The third kappa shape index (κ3) is 3.62. The van der Waals surface area contributed by atoms with E-state index >= 15 is 0 Å². The summed E-state index contributed by atoms with van der Waals surface area (Å²) < 4.78 is 0. The zero-order valence-corrected chi connectivity index (χ0v) is 7.11. The van der Waals surface area contributed by atoms with Crippen molar-refractivity contribution in [3.63, 3.8) is 0 Å². The lowest BCUT2D eigenvalue weighted by Gasteiger charge is -2.15. The van der Waals surface area contributed by atoms with Gasteiger partial charge in [0.2, 0.25) is 0 Å². The highest BCUT2D eigenvalue weighted by atomic mass is 16.1. The van der Waals surface area contributed by atoms with Gasteiger partial charge in [-0.25, -0.2) is 0 Å². The summed E-state index contributed by atoms with van der Waals surface area (Å²) in [6.07, 6.45) is 1.44. The third-order valence-corrected chi connectivity index (χ3v) is 1.44. The lowest BCUT2D eigenvalue weighted by molar-refractivity contribution is -0.126. The van der Waals surface area contributed by atoms with Gasteiger partial charge in [-0.05, 0) is 13.0 Å². The Balaban J connectivity index is 3.64. The van der Waals surface area contributed by atoms with Gasteiger partial charge in [0.15, 0.2) is 0 Å². The first-order valence-corrected chi connectivity index (χ1v) is 3.72. The molecule has 0 saturated carbocycles. The number of carbonyl (C=O) groups excluding carboxylic acids is 1. The summed E-state index contributed by atoms with van der Waals surface area (Å²) in [7, 11) is 0. The molecule has 0 amide bonds. The smallest absolute Gasteiger partial charge is 0.138 e. The number of nitrogens with two attached hydrogens (primary N) is 1. The summed E-state index contributed by atoms with van der Waals surface area (Å²) in [5.74, 6) is 0.304. The summed E-state index contributed by atoms with van der Waals surface area (Å²) in [6, 6.07) is 0. The van der Waals surface area contributed by atoms with Gasteiger partial charge in [-0.2, -0.15) is 0 Å². The van der Waals surface area contributed by atoms with Crippen molar-refractivity contribution >= 4 is 5.78 Å². The molecule has 0 aromatic rings. The second-order valence-corrected chi connectivity index (χ2v) is 3.57. The zero-order chi connectivity index (χ0) is 8.20. The molecule has 2 heteroatoms. The van der Waals surface area contributed by atoms with Crippen molar-refractivity contribution < 1.29 is 4.79 Å². The molecule has 0 fully saturated rings. The first kappa shape index (κ1) is 9.63. The minimum absolute atomic E-state index is 0.185. The minimum Gasteiger partial charge on any atom is -0.330 e. The summed E-state index contributed by atoms with van der Waals surface area (Å²) in [4.78, 5) is 11.2. The van der Waals surface area contributed by atoms with Crippen molar-refractivity contribution in [3.8, 4) is 0 Å². The summed E-state index contributed by atoms with van der Waals surface area (Å²) in [5, 5.41) is 0. The monoisotopic (exact) mass is 143 g/mol. The van der Waals surface area contributed by atoms with Gasteiger partial charge in [-0.3, -0.25) is 4.79 Å². The molecule has 0 spiro atoms. The van der Waals surface area contributed by atoms with E-state index in [-0.39, 0.29) is 5.41 Å². The average Bonchev–Trinajstić information content (AvgIpc) is 1.80. The van der Waals surface area contributed by atoms with Gasteiger partial charge in [0, 0.05) is 11.8 Å². The maximum absolute atomic E-state index is 11.2. The van der Waals surface area contributed by atoms with E-state index in [0.717, 1.165) is 6.42 Å². The Morgan fingerprint density at radius 1 is 1.40 bits per heavy atom. The summed E-state index contributed by atoms with van der Waals surface area (Å²) in [6.45, 7) is 6.42. The van der Waals surface area contributed by atoms with Crippen molar-refractivity contribution in [2.75, 3.05) is 6.54 Å². The maximum atomic E-state index is 11.2. The summed E-state index contributed by atoms with van der Waals surface area (Å²) >= 11 is 0. The Labute approximate surface area is 62.8 Å². The van der Waals surface area contributed by atoms with Gasteiger partial charge >= 0.3 is 0 Å². The molecule has 0 radical (unpaired) electrons. The second-order valence-electron chi connectivity index (χ2n) is 3.57. The fourth-order valence-corrected chi connectivity index (χ4v) is 0.638. The molecule has 0 aliphatic heterocycles. The molecule has 2 N–H and O–H groups in total. The molecule has 0 heterocycles. The normalized spacial score (nSPS) is 11.6. The average molecular weight is 143 g/mol. The molecule has 0 saturated heterocycles. The lowest BCUT2D eigenvalue weighted by Crippen LogP contribution is -2.20. The first-order chi connectivity index (χ1) is 4.48. The Kier molecular flexibility index (Phi) is 3.58. The fraction of sp³-hybridized carbons (Fsp3) is 0.875. The molecule has 0 rings (SSSR count). The van der Waals surface area contributed by atoms with Crippen LogP contribution in [0.15, 0.2) is 0 Å². The van der Waals surface area contributed by atoms with E-state index in [1.165, 1.54) is 0 Å². The molecule has 0 unspecified atom stereocenters. The SMILES string of the molecule is CC(C)(C)C(=O)CCCN. The lowest BCUT2D eigenvalue weighted by atomic mass is 9.88. The number of Topliss-reactive ketones (excluding diaryl/α,β-unsaturated/α-hetero) is 1. The highest BCUT2D eigenvalue weighted by molar-refractivity contribution is 5.83. The topological polar surface area (TPSA) is 43.1 Å². The predicted octanol–water partition coefficient (Wildman–Crippen LogP) is 1.34. The van der Waals surface area contributed by atoms with E-state index in [2.05, 4.69) is 0 Å². The van der Waals surface area contributed by atoms with Crippen LogP contribution in [-0.2, 0) is 4.79 Å². The number of ketones is 1. The fourth-order valence-electron chi connectivity index (χ4n) is 0.638. The van der Waals surface area contributed by atoms with Crippen LogP contribution in [0.2, 0.25) is 0 Å². The van der Waals surface area contributed by atoms with E-state index in [1.807, 2.05) is 20.8 Å². The number of rotatable bonds is 3. The van der Waals surface area contributed by atoms with Gasteiger partial charge in [0.1, 0.15) is 5.78 Å². The maximum Gasteiger partial charge on any atom is 0.138 e. The van der Waals surface area contributed by atoms with Crippen LogP contribution < -0.4 is 5.73 Å². The predicted molar refractivity (Wildman–Crippen MR) is 42.8 cm³/mol. The van der Waals surface area contributed by atoms with Crippen LogP contribution in [0.3, 0.4) is 0 Å². The molecule has 60 valence electrons. The zero-order valence-electron chi connectivity index (χ0n) is 7.11. The molecule has 0 bridgehead atoms. The quantitative estimate of drug-likeness (QED) is 0.648. The largest absolute Gasteiger partial charge is 0.330 e. The number of hydrogen-bond acceptors (Lipinski definition) is 2.